The zero-order chi connectivity index (χ0) is 35.6. The third-order valence-corrected chi connectivity index (χ3v) is 11.9. The van der Waals surface area contributed by atoms with Gasteiger partial charge in [0.15, 0.2) is 0 Å². The van der Waals surface area contributed by atoms with Gasteiger partial charge in [-0.2, -0.15) is 8.78 Å². The fraction of sp³-hybridized carbons (Fsp3) is 0.571. The minimum atomic E-state index is -5.34. The molecule has 1 aromatic carbocycles. The van der Waals surface area contributed by atoms with Crippen LogP contribution in [0, 0.1) is 0 Å². The van der Waals surface area contributed by atoms with Gasteiger partial charge in [0.05, 0.1) is 17.2 Å². The number of halogens is 2. The van der Waals surface area contributed by atoms with E-state index in [-0.39, 0.29) is 23.2 Å². The monoisotopic (exact) mass is 737 g/mol. The lowest BCUT2D eigenvalue weighted by atomic mass is 10.1. The van der Waals surface area contributed by atoms with E-state index in [1.54, 1.807) is 0 Å². The predicted molar refractivity (Wildman–Crippen MR) is 171 cm³/mol. The Morgan fingerprint density at radius 2 is 1.92 bits per heavy atom. The number of sulfonamides is 1. The van der Waals surface area contributed by atoms with Gasteiger partial charge in [-0.1, -0.05) is 13.0 Å². The first-order valence-corrected chi connectivity index (χ1v) is 19.3. The number of nitrogens with one attached hydrogen (secondary N) is 2. The van der Waals surface area contributed by atoms with Gasteiger partial charge in [-0.05, 0) is 62.7 Å². The number of hydrogen-bond donors (Lipinski definition) is 5. The molecule has 15 nitrogen and oxygen atoms in total. The Morgan fingerprint density at radius 3 is 2.54 bits per heavy atom. The summed E-state index contributed by atoms with van der Waals surface area (Å²) in [5.41, 5.74) is -4.98. The van der Waals surface area contributed by atoms with Crippen LogP contribution >= 0.6 is 18.9 Å². The Morgan fingerprint density at radius 1 is 1.21 bits per heavy atom. The van der Waals surface area contributed by atoms with Crippen LogP contribution in [-0.2, 0) is 39.2 Å². The maximum atomic E-state index is 14.9. The van der Waals surface area contributed by atoms with Gasteiger partial charge < -0.3 is 35.0 Å². The maximum Gasteiger partial charge on any atom is 0.401 e. The highest BCUT2D eigenvalue weighted by Crippen LogP contribution is 2.63. The fourth-order valence-corrected chi connectivity index (χ4v) is 8.38. The Balaban J connectivity index is 1.56. The standard InChI is InChI=1S/C28H38F2N5O10PS2/c1-3-34-11-9-18-6-7-21(24(36)32-19(27(39)40)10-12-48(31,43)44)35(18)26(38)20(15-34)33-25(37)23-14-16-13-17(5-8-22(16)47-23)28(29,30)46(41,42)45-4-2/h5,8,13-14,18-21H,3-4,6-7,9-12,15H2,1-2H3,(H,32,36)(H,33,37)(H,39,40)(H,41,42)(H2,31,43,44)/t18-,19+,20+,21+/m1/s1. The Hall–Kier alpha value is -3.06. The number of nitrogens with zero attached hydrogens (tertiary/aromatic N) is 2. The number of hydrogen-bond acceptors (Lipinski definition) is 10. The number of alkyl halides is 2. The molecule has 266 valence electrons. The van der Waals surface area contributed by atoms with Crippen molar-refractivity contribution in [1.29, 1.82) is 0 Å². The molecule has 0 spiro atoms. The molecule has 48 heavy (non-hydrogen) atoms. The third-order valence-electron chi connectivity index (χ3n) is 8.38. The van der Waals surface area contributed by atoms with Crippen LogP contribution in [0.25, 0.3) is 10.1 Å². The number of thiophene rings is 1. The smallest absolute Gasteiger partial charge is 0.401 e. The molecule has 0 radical (unpaired) electrons. The molecule has 2 saturated heterocycles. The van der Waals surface area contributed by atoms with E-state index in [0.717, 1.165) is 23.5 Å². The van der Waals surface area contributed by atoms with Gasteiger partial charge >= 0.3 is 19.2 Å². The molecule has 5 atom stereocenters. The number of likely N-dealkylation sites (N-methyl/N-ethyl adjacent to an activating group) is 1. The quantitative estimate of drug-likeness (QED) is 0.186. The van der Waals surface area contributed by atoms with Crippen LogP contribution in [0.4, 0.5) is 8.78 Å². The lowest BCUT2D eigenvalue weighted by Gasteiger charge is -2.38. The van der Waals surface area contributed by atoms with Crippen molar-refractivity contribution in [1.82, 2.24) is 20.4 Å². The summed E-state index contributed by atoms with van der Waals surface area (Å²) in [6, 6.07) is 0.416. The van der Waals surface area contributed by atoms with Gasteiger partial charge in [-0.25, -0.2) is 18.4 Å². The van der Waals surface area contributed by atoms with Crippen LogP contribution < -0.4 is 15.8 Å². The van der Waals surface area contributed by atoms with E-state index in [4.69, 9.17) is 5.14 Å². The number of amides is 3. The predicted octanol–water partition coefficient (Wildman–Crippen LogP) is 1.60. The van der Waals surface area contributed by atoms with Gasteiger partial charge in [0, 0.05) is 29.4 Å². The Kier molecular flexibility index (Phi) is 11.7. The molecule has 2 aliphatic rings. The molecule has 0 bridgehead atoms. The molecule has 4 rings (SSSR count). The number of carboxylic acid groups (broad SMARTS) is 1. The number of aliphatic carboxylic acids is 1. The summed E-state index contributed by atoms with van der Waals surface area (Å²) in [4.78, 5) is 65.8. The number of carbonyl (C=O) groups excluding carboxylic acids is 3. The first-order chi connectivity index (χ1) is 22.4. The first kappa shape index (κ1) is 37.8. The number of primary sulfonamides is 1. The zero-order valence-corrected chi connectivity index (χ0v) is 28.7. The molecule has 1 unspecified atom stereocenters. The number of nitrogens with two attached hydrogens (primary N) is 1. The molecule has 2 fully saturated rings. The highest BCUT2D eigenvalue weighted by molar-refractivity contribution is 7.89. The number of fused-ring (bicyclic) bond motifs is 2. The van der Waals surface area contributed by atoms with Crippen molar-refractivity contribution in [2.45, 2.75) is 69.4 Å². The van der Waals surface area contributed by atoms with Crippen LogP contribution in [0.2, 0.25) is 0 Å². The molecule has 20 heteroatoms. The summed E-state index contributed by atoms with van der Waals surface area (Å²) in [5, 5.41) is 19.8. The van der Waals surface area contributed by atoms with E-state index >= 15 is 0 Å². The second kappa shape index (κ2) is 14.8. The molecular formula is C28H38F2N5O10PS2. The van der Waals surface area contributed by atoms with Gasteiger partial charge in [-0.15, -0.1) is 11.3 Å². The van der Waals surface area contributed by atoms with E-state index in [0.29, 0.717) is 30.6 Å². The van der Waals surface area contributed by atoms with Crippen molar-refractivity contribution in [3.05, 3.63) is 34.7 Å². The van der Waals surface area contributed by atoms with E-state index in [1.165, 1.54) is 24.0 Å². The van der Waals surface area contributed by atoms with E-state index < -0.39 is 95.5 Å². The van der Waals surface area contributed by atoms with Gasteiger partial charge in [-0.3, -0.25) is 18.9 Å². The molecular weight excluding hydrogens is 699 g/mol. The van der Waals surface area contributed by atoms with Crippen molar-refractivity contribution < 1.29 is 55.5 Å². The average Bonchev–Trinajstić information content (AvgIpc) is 3.63. The number of rotatable bonds is 13. The lowest BCUT2D eigenvalue weighted by Crippen LogP contribution is -2.61. The van der Waals surface area contributed by atoms with Crippen LogP contribution in [0.3, 0.4) is 0 Å². The van der Waals surface area contributed by atoms with Crippen molar-refractivity contribution in [2.75, 3.05) is 32.0 Å². The summed E-state index contributed by atoms with van der Waals surface area (Å²) in [6.07, 6.45) is 0.688. The van der Waals surface area contributed by atoms with E-state index in [2.05, 4.69) is 15.2 Å². The van der Waals surface area contributed by atoms with Crippen molar-refractivity contribution in [3.63, 3.8) is 0 Å². The molecule has 3 amide bonds. The molecule has 0 aliphatic carbocycles. The second-order valence-electron chi connectivity index (χ2n) is 11.6. The third kappa shape index (κ3) is 8.38. The lowest BCUT2D eigenvalue weighted by molar-refractivity contribution is -0.146. The molecule has 2 aliphatic heterocycles. The van der Waals surface area contributed by atoms with Gasteiger partial charge in [0.1, 0.15) is 18.1 Å². The topological polar surface area (TPSA) is 226 Å². The zero-order valence-electron chi connectivity index (χ0n) is 26.1. The summed E-state index contributed by atoms with van der Waals surface area (Å²) in [7, 11) is -9.35. The van der Waals surface area contributed by atoms with Crippen LogP contribution in [0.15, 0.2) is 24.3 Å². The Labute approximate surface area is 279 Å². The fourth-order valence-electron chi connectivity index (χ4n) is 5.89. The van der Waals surface area contributed by atoms with Crippen molar-refractivity contribution in [3.8, 4) is 0 Å². The summed E-state index contributed by atoms with van der Waals surface area (Å²) >= 11 is 0.959. The van der Waals surface area contributed by atoms with E-state index in [1.807, 2.05) is 11.8 Å². The normalized spacial score (nSPS) is 22.8. The summed E-state index contributed by atoms with van der Waals surface area (Å²) in [6.45, 7) is 3.97. The highest BCUT2D eigenvalue weighted by atomic mass is 32.2. The average molecular weight is 738 g/mol. The maximum absolute atomic E-state index is 14.9. The van der Waals surface area contributed by atoms with E-state index in [9.17, 15) is 50.9 Å². The minimum Gasteiger partial charge on any atom is -0.480 e. The van der Waals surface area contributed by atoms with Gasteiger partial charge in [0.2, 0.25) is 21.8 Å². The molecule has 2 aromatic rings. The molecule has 1 aromatic heterocycles. The number of carboxylic acids is 1. The SMILES string of the molecule is CCOP(=O)(O)C(F)(F)c1ccc2sc(C(=O)N[C@H]3CN(CC)CC[C@H]4CC[C@@H](C(=O)N[C@@H](CCS(N)(=O)=O)C(=O)O)N4C3=O)cc2c1. The van der Waals surface area contributed by atoms with Crippen LogP contribution in [0.1, 0.15) is 54.8 Å². The van der Waals surface area contributed by atoms with Crippen molar-refractivity contribution in [2.24, 2.45) is 5.14 Å². The largest absolute Gasteiger partial charge is 0.480 e. The highest BCUT2D eigenvalue weighted by Gasteiger charge is 2.52. The van der Waals surface area contributed by atoms with Gasteiger partial charge in [0.25, 0.3) is 5.91 Å². The molecule has 3 heterocycles. The summed E-state index contributed by atoms with van der Waals surface area (Å²) in [5.74, 6) is -4.19. The Bertz CT molecular complexity index is 1720. The molecule has 0 saturated carbocycles. The molecule has 6 N–H and O–H groups in total. The second-order valence-corrected chi connectivity index (χ2v) is 16.3. The number of carbonyl (C=O) groups is 4. The summed E-state index contributed by atoms with van der Waals surface area (Å²) < 4.78 is 69.4. The minimum absolute atomic E-state index is 0.0757. The number of benzene rings is 1. The van der Waals surface area contributed by atoms with Crippen LogP contribution in [0.5, 0.6) is 0 Å². The first-order valence-electron chi connectivity index (χ1n) is 15.2. The van der Waals surface area contributed by atoms with Crippen molar-refractivity contribution >= 4 is 62.7 Å². The van der Waals surface area contributed by atoms with Crippen LogP contribution in [-0.4, -0.2) is 108 Å².